The lowest BCUT2D eigenvalue weighted by Crippen LogP contribution is -2.45. The molecule has 2 rings (SSSR count). The molecule has 0 bridgehead atoms. The van der Waals surface area contributed by atoms with E-state index in [1.807, 2.05) is 6.07 Å². The molecule has 1 aliphatic rings. The fourth-order valence-corrected chi connectivity index (χ4v) is 1.76. The summed E-state index contributed by atoms with van der Waals surface area (Å²) in [5, 5.41) is 9.22. The summed E-state index contributed by atoms with van der Waals surface area (Å²) in [5.41, 5.74) is 0.288. The molecule has 17 heavy (non-hydrogen) atoms. The number of morpholine rings is 1. The number of halogens is 1. The number of aromatic nitrogens is 1. The van der Waals surface area contributed by atoms with E-state index in [0.717, 1.165) is 0 Å². The summed E-state index contributed by atoms with van der Waals surface area (Å²) < 4.78 is 5.17. The van der Waals surface area contributed by atoms with E-state index in [4.69, 9.17) is 21.6 Å². The minimum absolute atomic E-state index is 0.226. The van der Waals surface area contributed by atoms with Gasteiger partial charge in [0.15, 0.2) is 6.10 Å². The van der Waals surface area contributed by atoms with Crippen LogP contribution in [0.5, 0.6) is 0 Å². The molecule has 1 saturated heterocycles. The van der Waals surface area contributed by atoms with E-state index >= 15 is 0 Å². The molecule has 0 spiro atoms. The van der Waals surface area contributed by atoms with Crippen molar-refractivity contribution in [3.8, 4) is 6.07 Å². The molecule has 1 atom stereocenters. The fourth-order valence-electron chi connectivity index (χ4n) is 1.60. The van der Waals surface area contributed by atoms with Gasteiger partial charge < -0.3 is 9.64 Å². The molecule has 2 heterocycles. The highest BCUT2D eigenvalue weighted by Gasteiger charge is 2.25. The lowest BCUT2D eigenvalue weighted by molar-refractivity contribution is 0.00320. The van der Waals surface area contributed by atoms with Gasteiger partial charge in [-0.25, -0.2) is 0 Å². The molecule has 1 aromatic heterocycles. The van der Waals surface area contributed by atoms with Crippen LogP contribution < -0.4 is 0 Å². The van der Waals surface area contributed by atoms with Crippen LogP contribution in [0.15, 0.2) is 18.3 Å². The maximum Gasteiger partial charge on any atom is 0.272 e. The molecule has 0 radical (unpaired) electrons. The quantitative estimate of drug-likeness (QED) is 0.750. The van der Waals surface area contributed by atoms with Crippen LogP contribution in [0.4, 0.5) is 0 Å². The maximum atomic E-state index is 12.1. The third kappa shape index (κ3) is 2.73. The van der Waals surface area contributed by atoms with Gasteiger partial charge in [0.1, 0.15) is 5.69 Å². The van der Waals surface area contributed by atoms with Crippen molar-refractivity contribution in [2.75, 3.05) is 19.7 Å². The molecule has 0 saturated carbocycles. The molecule has 0 N–H and O–H groups in total. The number of pyridine rings is 1. The highest BCUT2D eigenvalue weighted by molar-refractivity contribution is 6.30. The Bertz CT molecular complexity index is 472. The van der Waals surface area contributed by atoms with Gasteiger partial charge in [0.2, 0.25) is 0 Å². The van der Waals surface area contributed by atoms with Gasteiger partial charge in [0.25, 0.3) is 5.91 Å². The zero-order valence-electron chi connectivity index (χ0n) is 8.97. The minimum atomic E-state index is -0.563. The van der Waals surface area contributed by atoms with Crippen molar-refractivity contribution in [3.63, 3.8) is 0 Å². The Kier molecular flexibility index (Phi) is 3.57. The van der Waals surface area contributed by atoms with Gasteiger partial charge in [-0.1, -0.05) is 11.6 Å². The van der Waals surface area contributed by atoms with E-state index in [0.29, 0.717) is 18.2 Å². The molecule has 1 aromatic rings. The topological polar surface area (TPSA) is 66.2 Å². The number of nitriles is 1. The molecule has 1 unspecified atom stereocenters. The van der Waals surface area contributed by atoms with Crippen molar-refractivity contribution in [1.29, 1.82) is 5.26 Å². The largest absolute Gasteiger partial charge is 0.360 e. The number of rotatable bonds is 1. The van der Waals surface area contributed by atoms with Crippen molar-refractivity contribution in [2.45, 2.75) is 6.10 Å². The fraction of sp³-hybridized carbons (Fsp3) is 0.364. The van der Waals surface area contributed by atoms with Crippen molar-refractivity contribution in [3.05, 3.63) is 29.0 Å². The van der Waals surface area contributed by atoms with Gasteiger partial charge in [-0.2, -0.15) is 5.26 Å². The molecule has 1 aliphatic heterocycles. The second kappa shape index (κ2) is 5.13. The lowest BCUT2D eigenvalue weighted by atomic mass is 10.2. The van der Waals surface area contributed by atoms with E-state index in [1.165, 1.54) is 12.3 Å². The summed E-state index contributed by atoms with van der Waals surface area (Å²) in [5.74, 6) is -0.226. The first kappa shape index (κ1) is 11.8. The Morgan fingerprint density at radius 2 is 2.53 bits per heavy atom. The first-order chi connectivity index (χ1) is 8.20. The van der Waals surface area contributed by atoms with Crippen molar-refractivity contribution >= 4 is 17.5 Å². The minimum Gasteiger partial charge on any atom is -0.360 e. The Hall–Kier alpha value is -1.64. The molecular formula is C11H10ClN3O2. The van der Waals surface area contributed by atoms with Crippen LogP contribution in [0.25, 0.3) is 0 Å². The molecule has 1 amide bonds. The van der Waals surface area contributed by atoms with Crippen LogP contribution in [-0.2, 0) is 4.74 Å². The summed E-state index contributed by atoms with van der Waals surface area (Å²) in [4.78, 5) is 17.6. The number of carbonyl (C=O) groups excluding carboxylic acids is 1. The maximum absolute atomic E-state index is 12.1. The number of carbonyl (C=O) groups is 1. The Balaban J connectivity index is 2.12. The van der Waals surface area contributed by atoms with Crippen molar-refractivity contribution in [1.82, 2.24) is 9.88 Å². The number of nitrogens with zero attached hydrogens (tertiary/aromatic N) is 3. The number of hydrogen-bond donors (Lipinski definition) is 0. The molecule has 0 aliphatic carbocycles. The third-order valence-corrected chi connectivity index (χ3v) is 2.67. The Labute approximate surface area is 104 Å². The summed E-state index contributed by atoms with van der Waals surface area (Å²) >= 11 is 5.80. The number of amides is 1. The summed E-state index contributed by atoms with van der Waals surface area (Å²) in [6.45, 7) is 1.10. The number of hydrogen-bond acceptors (Lipinski definition) is 4. The molecule has 0 aromatic carbocycles. The third-order valence-electron chi connectivity index (χ3n) is 2.44. The van der Waals surface area contributed by atoms with Crippen LogP contribution >= 0.6 is 11.6 Å². The first-order valence-corrected chi connectivity index (χ1v) is 5.50. The van der Waals surface area contributed by atoms with Gasteiger partial charge in [0.05, 0.1) is 19.2 Å². The van der Waals surface area contributed by atoms with Crippen molar-refractivity contribution < 1.29 is 9.53 Å². The zero-order chi connectivity index (χ0) is 12.3. The Morgan fingerprint density at radius 3 is 3.24 bits per heavy atom. The van der Waals surface area contributed by atoms with E-state index in [-0.39, 0.29) is 18.1 Å². The molecule has 5 nitrogen and oxygen atoms in total. The van der Waals surface area contributed by atoms with E-state index in [9.17, 15) is 4.79 Å². The zero-order valence-corrected chi connectivity index (χ0v) is 9.72. The van der Waals surface area contributed by atoms with Gasteiger partial charge in [-0.15, -0.1) is 0 Å². The van der Waals surface area contributed by atoms with E-state index in [2.05, 4.69) is 4.98 Å². The van der Waals surface area contributed by atoms with Crippen LogP contribution in [0.3, 0.4) is 0 Å². The standard InChI is InChI=1S/C11H10ClN3O2/c12-8-1-2-14-10(5-8)11(16)15-3-4-17-9(6-13)7-15/h1-2,5,9H,3-4,7H2. The lowest BCUT2D eigenvalue weighted by Gasteiger charge is -2.29. The monoisotopic (exact) mass is 251 g/mol. The molecular weight excluding hydrogens is 242 g/mol. The Morgan fingerprint density at radius 1 is 1.71 bits per heavy atom. The van der Waals surface area contributed by atoms with Gasteiger partial charge in [-0.3, -0.25) is 9.78 Å². The van der Waals surface area contributed by atoms with Crippen LogP contribution in [0.2, 0.25) is 5.02 Å². The highest BCUT2D eigenvalue weighted by atomic mass is 35.5. The first-order valence-electron chi connectivity index (χ1n) is 5.13. The highest BCUT2D eigenvalue weighted by Crippen LogP contribution is 2.12. The summed E-state index contributed by atoms with van der Waals surface area (Å²) in [6, 6.07) is 5.11. The second-order valence-corrected chi connectivity index (χ2v) is 4.04. The molecule has 6 heteroatoms. The molecule has 1 fully saturated rings. The normalized spacial score (nSPS) is 19.8. The van der Waals surface area contributed by atoms with Crippen LogP contribution in [-0.4, -0.2) is 41.6 Å². The van der Waals surface area contributed by atoms with Gasteiger partial charge in [0, 0.05) is 17.8 Å². The predicted octanol–water partition coefficient (Wildman–Crippen LogP) is 1.10. The summed E-state index contributed by atoms with van der Waals surface area (Å²) in [7, 11) is 0. The van der Waals surface area contributed by atoms with Crippen LogP contribution in [0, 0.1) is 11.3 Å². The average molecular weight is 252 g/mol. The van der Waals surface area contributed by atoms with Gasteiger partial charge in [-0.05, 0) is 12.1 Å². The van der Waals surface area contributed by atoms with Gasteiger partial charge >= 0.3 is 0 Å². The predicted molar refractivity (Wildman–Crippen MR) is 60.5 cm³/mol. The summed E-state index contributed by atoms with van der Waals surface area (Å²) in [6.07, 6.45) is 0.921. The van der Waals surface area contributed by atoms with Crippen molar-refractivity contribution in [2.24, 2.45) is 0 Å². The van der Waals surface area contributed by atoms with Crippen LogP contribution in [0.1, 0.15) is 10.5 Å². The average Bonchev–Trinajstić information content (AvgIpc) is 2.38. The smallest absolute Gasteiger partial charge is 0.272 e. The van der Waals surface area contributed by atoms with E-state index in [1.54, 1.807) is 11.0 Å². The SMILES string of the molecule is N#CC1CN(C(=O)c2cc(Cl)ccn2)CCO1. The molecule has 88 valence electrons. The number of ether oxygens (including phenoxy) is 1. The second-order valence-electron chi connectivity index (χ2n) is 3.60. The van der Waals surface area contributed by atoms with E-state index < -0.39 is 6.10 Å².